The van der Waals surface area contributed by atoms with Crippen molar-refractivity contribution in [2.75, 3.05) is 10.6 Å². The first kappa shape index (κ1) is 19.4. The Bertz CT molecular complexity index is 1260. The number of aromatic nitrogens is 3. The summed E-state index contributed by atoms with van der Waals surface area (Å²) in [6.45, 7) is 0. The van der Waals surface area contributed by atoms with Gasteiger partial charge in [0, 0.05) is 15.7 Å². The zero-order chi connectivity index (χ0) is 21.4. The number of hydrogen-bond acceptors (Lipinski definition) is 5. The Morgan fingerprint density at radius 3 is 2.42 bits per heavy atom. The molecule has 5 rings (SSSR count). The number of rotatable bonds is 4. The number of nitrogens with zero attached hydrogens (tertiary/aromatic N) is 3. The van der Waals surface area contributed by atoms with E-state index in [1.54, 1.807) is 16.8 Å². The van der Waals surface area contributed by atoms with E-state index in [1.165, 1.54) is 6.26 Å². The molecule has 0 fully saturated rings. The smallest absolute Gasteiger partial charge is 0.293 e. The third kappa shape index (κ3) is 3.93. The summed E-state index contributed by atoms with van der Waals surface area (Å²) >= 11 is 12.1. The molecule has 9 heteroatoms. The number of carbonyl (C=O) groups is 1. The number of halogens is 2. The number of nitrogens with one attached hydrogen (secondary N) is 2. The highest BCUT2D eigenvalue weighted by Gasteiger charge is 2.26. The lowest BCUT2D eigenvalue weighted by atomic mass is 10.0. The summed E-state index contributed by atoms with van der Waals surface area (Å²) in [6.07, 6.45) is 3.47. The van der Waals surface area contributed by atoms with E-state index in [-0.39, 0.29) is 17.8 Å². The van der Waals surface area contributed by atoms with Crippen molar-refractivity contribution in [3.8, 4) is 0 Å². The van der Waals surface area contributed by atoms with Crippen LogP contribution in [0, 0.1) is 0 Å². The van der Waals surface area contributed by atoms with E-state index in [4.69, 9.17) is 27.6 Å². The molecule has 2 N–H and O–H groups in total. The first-order valence-electron chi connectivity index (χ1n) is 9.38. The molecule has 7 nitrogen and oxygen atoms in total. The minimum atomic E-state index is -0.429. The minimum Gasteiger partial charge on any atom is -0.459 e. The molecule has 0 aliphatic carbocycles. The molecule has 2 aromatic carbocycles. The Balaban J connectivity index is 1.53. The molecule has 1 aliphatic rings. The van der Waals surface area contributed by atoms with Crippen LogP contribution in [-0.4, -0.2) is 20.7 Å². The number of furan rings is 1. The fourth-order valence-electron chi connectivity index (χ4n) is 3.31. The third-order valence-corrected chi connectivity index (χ3v) is 5.31. The molecule has 0 radical (unpaired) electrons. The van der Waals surface area contributed by atoms with Crippen molar-refractivity contribution in [2.24, 2.45) is 0 Å². The van der Waals surface area contributed by atoms with Gasteiger partial charge in [-0.25, -0.2) is 4.68 Å². The van der Waals surface area contributed by atoms with Gasteiger partial charge in [0.2, 0.25) is 5.95 Å². The van der Waals surface area contributed by atoms with E-state index in [9.17, 15) is 4.79 Å². The van der Waals surface area contributed by atoms with Crippen molar-refractivity contribution in [3.05, 3.63) is 99.9 Å². The molecule has 154 valence electrons. The van der Waals surface area contributed by atoms with Crippen molar-refractivity contribution in [2.45, 2.75) is 6.04 Å². The van der Waals surface area contributed by atoms with Crippen LogP contribution in [-0.2, 0) is 0 Å². The van der Waals surface area contributed by atoms with E-state index in [0.717, 1.165) is 16.8 Å². The van der Waals surface area contributed by atoms with Crippen LogP contribution in [0.1, 0.15) is 27.7 Å². The lowest BCUT2D eigenvalue weighted by molar-refractivity contribution is 0.0996. The summed E-state index contributed by atoms with van der Waals surface area (Å²) in [7, 11) is 0. The number of allylic oxidation sites excluding steroid dienone is 1. The van der Waals surface area contributed by atoms with Gasteiger partial charge in [-0.1, -0.05) is 47.5 Å². The maximum absolute atomic E-state index is 12.3. The largest absolute Gasteiger partial charge is 0.459 e. The number of fused-ring (bicyclic) bond motifs is 1. The van der Waals surface area contributed by atoms with Gasteiger partial charge in [-0.3, -0.25) is 10.1 Å². The van der Waals surface area contributed by atoms with Gasteiger partial charge in [0.1, 0.15) is 6.04 Å². The molecule has 4 aromatic rings. The summed E-state index contributed by atoms with van der Waals surface area (Å²) in [5, 5.41) is 11.7. The van der Waals surface area contributed by atoms with Gasteiger partial charge in [-0.05, 0) is 53.6 Å². The van der Waals surface area contributed by atoms with Crippen LogP contribution in [0.3, 0.4) is 0 Å². The highest BCUT2D eigenvalue weighted by atomic mass is 35.5. The molecule has 0 spiro atoms. The second-order valence-corrected chi connectivity index (χ2v) is 7.72. The van der Waals surface area contributed by atoms with Crippen LogP contribution in [0.2, 0.25) is 10.0 Å². The van der Waals surface area contributed by atoms with Crippen molar-refractivity contribution < 1.29 is 9.21 Å². The average Bonchev–Trinajstić information content (AvgIpc) is 3.44. The molecule has 1 aliphatic heterocycles. The standard InChI is InChI=1S/C22H15Cl2N5O2/c23-15-7-3-13(4-8-15)17-12-18(14-5-9-16(24)10-6-14)29-22(25-17)27-21(28-29)26-20(30)19-2-1-11-31-19/h1-12,18H,(H2,25,26,27,28,30). The van der Waals surface area contributed by atoms with Gasteiger partial charge in [-0.15, -0.1) is 5.10 Å². The zero-order valence-electron chi connectivity index (χ0n) is 15.9. The van der Waals surface area contributed by atoms with Gasteiger partial charge >= 0.3 is 0 Å². The molecule has 31 heavy (non-hydrogen) atoms. The summed E-state index contributed by atoms with van der Waals surface area (Å²) in [5.74, 6) is 0.396. The van der Waals surface area contributed by atoms with E-state index in [2.05, 4.69) is 20.7 Å². The number of anilines is 2. The summed E-state index contributed by atoms with van der Waals surface area (Å²) in [4.78, 5) is 16.8. The predicted molar refractivity (Wildman–Crippen MR) is 119 cm³/mol. The first-order valence-corrected chi connectivity index (χ1v) is 10.1. The monoisotopic (exact) mass is 451 g/mol. The normalized spacial score (nSPS) is 15.0. The Kier molecular flexibility index (Phi) is 4.97. The van der Waals surface area contributed by atoms with Crippen LogP contribution in [0.5, 0.6) is 0 Å². The number of amides is 1. The molecular formula is C22H15Cl2N5O2. The fraction of sp³-hybridized carbons (Fsp3) is 0.0455. The Labute approximate surface area is 187 Å². The molecule has 0 bridgehead atoms. The maximum Gasteiger partial charge on any atom is 0.293 e. The molecular weight excluding hydrogens is 437 g/mol. The Morgan fingerprint density at radius 1 is 1.03 bits per heavy atom. The third-order valence-electron chi connectivity index (χ3n) is 4.80. The molecule has 1 unspecified atom stereocenters. The van der Waals surface area contributed by atoms with Crippen LogP contribution >= 0.6 is 23.2 Å². The number of hydrogen-bond donors (Lipinski definition) is 2. The van der Waals surface area contributed by atoms with E-state index < -0.39 is 5.91 Å². The zero-order valence-corrected chi connectivity index (χ0v) is 17.4. The van der Waals surface area contributed by atoms with Crippen molar-refractivity contribution in [3.63, 3.8) is 0 Å². The second kappa shape index (κ2) is 7.94. The van der Waals surface area contributed by atoms with E-state index in [0.29, 0.717) is 16.0 Å². The molecule has 2 aromatic heterocycles. The number of carbonyl (C=O) groups excluding carboxylic acids is 1. The first-order chi connectivity index (χ1) is 15.1. The quantitative estimate of drug-likeness (QED) is 0.428. The SMILES string of the molecule is O=C(Nc1nc2n(n1)C(c1ccc(Cl)cc1)C=C(c1ccc(Cl)cc1)N2)c1ccco1. The van der Waals surface area contributed by atoms with Crippen LogP contribution in [0.15, 0.2) is 77.4 Å². The lowest BCUT2D eigenvalue weighted by Gasteiger charge is -2.24. The van der Waals surface area contributed by atoms with E-state index in [1.807, 2.05) is 54.6 Å². The van der Waals surface area contributed by atoms with E-state index >= 15 is 0 Å². The van der Waals surface area contributed by atoms with Gasteiger partial charge in [0.25, 0.3) is 11.9 Å². The summed E-state index contributed by atoms with van der Waals surface area (Å²) in [6, 6.07) is 18.0. The highest BCUT2D eigenvalue weighted by Crippen LogP contribution is 2.34. The number of benzene rings is 2. The van der Waals surface area contributed by atoms with Crippen LogP contribution in [0.25, 0.3) is 5.70 Å². The predicted octanol–water partition coefficient (Wildman–Crippen LogP) is 5.49. The molecule has 0 saturated carbocycles. The van der Waals surface area contributed by atoms with Crippen molar-refractivity contribution in [1.29, 1.82) is 0 Å². The lowest BCUT2D eigenvalue weighted by Crippen LogP contribution is -2.20. The molecule has 1 amide bonds. The molecule has 0 saturated heterocycles. The van der Waals surface area contributed by atoms with Crippen molar-refractivity contribution >= 4 is 46.7 Å². The second-order valence-electron chi connectivity index (χ2n) is 6.84. The highest BCUT2D eigenvalue weighted by molar-refractivity contribution is 6.30. The molecule has 3 heterocycles. The van der Waals surface area contributed by atoms with Gasteiger partial charge in [-0.2, -0.15) is 4.98 Å². The van der Waals surface area contributed by atoms with Crippen molar-refractivity contribution in [1.82, 2.24) is 14.8 Å². The Morgan fingerprint density at radius 2 is 1.74 bits per heavy atom. The minimum absolute atomic E-state index is 0.161. The van der Waals surface area contributed by atoms with Crippen LogP contribution < -0.4 is 10.6 Å². The fourth-order valence-corrected chi connectivity index (χ4v) is 3.56. The van der Waals surface area contributed by atoms with Gasteiger partial charge < -0.3 is 9.73 Å². The van der Waals surface area contributed by atoms with Gasteiger partial charge in [0.05, 0.1) is 6.26 Å². The summed E-state index contributed by atoms with van der Waals surface area (Å²) < 4.78 is 6.84. The average molecular weight is 452 g/mol. The Hall–Kier alpha value is -3.55. The van der Waals surface area contributed by atoms with Crippen LogP contribution in [0.4, 0.5) is 11.9 Å². The summed E-state index contributed by atoms with van der Waals surface area (Å²) in [5.41, 5.74) is 2.76. The maximum atomic E-state index is 12.3. The molecule has 1 atom stereocenters. The van der Waals surface area contributed by atoms with Gasteiger partial charge in [0.15, 0.2) is 5.76 Å². The topological polar surface area (TPSA) is 85.0 Å².